The maximum atomic E-state index is 10.6. The van der Waals surface area contributed by atoms with Gasteiger partial charge in [0.1, 0.15) is 0 Å². The Morgan fingerprint density at radius 2 is 2.13 bits per heavy atom. The van der Waals surface area contributed by atoms with Gasteiger partial charge < -0.3 is 15.3 Å². The number of dihydropyridines is 1. The second kappa shape index (κ2) is 4.41. The van der Waals surface area contributed by atoms with Crippen molar-refractivity contribution in [2.75, 3.05) is 0 Å². The fraction of sp³-hybridized carbons (Fsp3) is 0.222. The molecule has 0 amide bonds. The second-order valence-electron chi connectivity index (χ2n) is 2.90. The minimum atomic E-state index is -1.30. The first-order valence-electron chi connectivity index (χ1n) is 4.09. The number of rotatable bonds is 3. The van der Waals surface area contributed by atoms with Crippen molar-refractivity contribution in [2.45, 2.75) is 12.5 Å². The van der Waals surface area contributed by atoms with Gasteiger partial charge in [0, 0.05) is 12.6 Å². The zero-order valence-electron chi connectivity index (χ0n) is 7.62. The number of nitrogens with zero attached hydrogens (tertiary/aromatic N) is 1. The summed E-state index contributed by atoms with van der Waals surface area (Å²) in [7, 11) is 0. The summed E-state index contributed by atoms with van der Waals surface area (Å²) < 4.78 is 0. The number of carboxylic acid groups (broad SMARTS) is 2. The SMILES string of the molecule is O=C(O)C(=CO)C1=CC=NC(C(=O)O)C1. The molecule has 0 aromatic carbocycles. The number of aliphatic imine (C=N–C) groups is 1. The highest BCUT2D eigenvalue weighted by Gasteiger charge is 2.24. The van der Waals surface area contributed by atoms with Crippen molar-refractivity contribution in [3.05, 3.63) is 23.5 Å². The van der Waals surface area contributed by atoms with E-state index in [1.54, 1.807) is 0 Å². The zero-order valence-corrected chi connectivity index (χ0v) is 7.62. The van der Waals surface area contributed by atoms with E-state index in [0.717, 1.165) is 0 Å². The van der Waals surface area contributed by atoms with E-state index in [2.05, 4.69) is 4.99 Å². The van der Waals surface area contributed by atoms with Crippen molar-refractivity contribution < 1.29 is 24.9 Å². The topological polar surface area (TPSA) is 107 Å². The number of allylic oxidation sites excluding steroid dienone is 1. The molecular formula is C9H9NO5. The first-order chi connectivity index (χ1) is 7.06. The van der Waals surface area contributed by atoms with Crippen LogP contribution in [-0.2, 0) is 9.59 Å². The van der Waals surface area contributed by atoms with Crippen LogP contribution in [0, 0.1) is 0 Å². The molecule has 3 N–H and O–H groups in total. The lowest BCUT2D eigenvalue weighted by Gasteiger charge is -2.14. The van der Waals surface area contributed by atoms with Gasteiger partial charge in [-0.3, -0.25) is 4.99 Å². The summed E-state index contributed by atoms with van der Waals surface area (Å²) >= 11 is 0. The van der Waals surface area contributed by atoms with Gasteiger partial charge in [-0.05, 0) is 11.6 Å². The highest BCUT2D eigenvalue weighted by atomic mass is 16.4. The van der Waals surface area contributed by atoms with E-state index in [1.165, 1.54) is 12.3 Å². The van der Waals surface area contributed by atoms with Crippen LogP contribution in [0.5, 0.6) is 0 Å². The molecule has 0 spiro atoms. The molecule has 80 valence electrons. The minimum Gasteiger partial charge on any atom is -0.515 e. The van der Waals surface area contributed by atoms with Gasteiger partial charge in [-0.1, -0.05) is 0 Å². The molecule has 6 nitrogen and oxygen atoms in total. The van der Waals surface area contributed by atoms with Crippen molar-refractivity contribution in [3.63, 3.8) is 0 Å². The molecule has 15 heavy (non-hydrogen) atoms. The van der Waals surface area contributed by atoms with E-state index in [9.17, 15) is 9.59 Å². The molecule has 0 aromatic rings. The molecule has 1 unspecified atom stereocenters. The molecule has 0 saturated heterocycles. The zero-order chi connectivity index (χ0) is 11.4. The Balaban J connectivity index is 2.90. The summed E-state index contributed by atoms with van der Waals surface area (Å²) in [6.07, 6.45) is 3.01. The highest BCUT2D eigenvalue weighted by molar-refractivity contribution is 5.94. The predicted octanol–water partition coefficient (Wildman–Crippen LogP) is 0.367. The number of carbonyl (C=O) groups is 2. The number of hydrogen-bond acceptors (Lipinski definition) is 4. The van der Waals surface area contributed by atoms with Crippen LogP contribution in [0.1, 0.15) is 6.42 Å². The largest absolute Gasteiger partial charge is 0.515 e. The summed E-state index contributed by atoms with van der Waals surface area (Å²) in [5.74, 6) is -2.43. The third kappa shape index (κ3) is 2.43. The number of aliphatic hydroxyl groups is 1. The maximum absolute atomic E-state index is 10.6. The van der Waals surface area contributed by atoms with Crippen LogP contribution in [0.3, 0.4) is 0 Å². The van der Waals surface area contributed by atoms with E-state index in [0.29, 0.717) is 6.26 Å². The van der Waals surface area contributed by atoms with Crippen LogP contribution in [0.4, 0.5) is 0 Å². The van der Waals surface area contributed by atoms with Crippen LogP contribution in [0.25, 0.3) is 0 Å². The van der Waals surface area contributed by atoms with Crippen LogP contribution in [-0.4, -0.2) is 39.5 Å². The summed E-state index contributed by atoms with van der Waals surface area (Å²) in [5, 5.41) is 26.1. The number of hydrogen-bond donors (Lipinski definition) is 3. The van der Waals surface area contributed by atoms with Crippen molar-refractivity contribution in [3.8, 4) is 0 Å². The van der Waals surface area contributed by atoms with Crippen LogP contribution in [0.15, 0.2) is 28.5 Å². The van der Waals surface area contributed by atoms with Gasteiger partial charge >= 0.3 is 11.9 Å². The Morgan fingerprint density at radius 1 is 1.47 bits per heavy atom. The van der Waals surface area contributed by atoms with Crippen molar-refractivity contribution in [2.24, 2.45) is 4.99 Å². The Morgan fingerprint density at radius 3 is 2.60 bits per heavy atom. The molecule has 0 bridgehead atoms. The lowest BCUT2D eigenvalue weighted by atomic mass is 9.97. The van der Waals surface area contributed by atoms with Crippen molar-refractivity contribution in [1.29, 1.82) is 0 Å². The number of carboxylic acids is 2. The molecular weight excluding hydrogens is 202 g/mol. The summed E-state index contributed by atoms with van der Waals surface area (Å²) in [4.78, 5) is 24.9. The molecule has 1 aliphatic rings. The average molecular weight is 211 g/mol. The molecule has 1 atom stereocenters. The van der Waals surface area contributed by atoms with Crippen LogP contribution >= 0.6 is 0 Å². The van der Waals surface area contributed by atoms with E-state index in [1.807, 2.05) is 0 Å². The first-order valence-corrected chi connectivity index (χ1v) is 4.09. The van der Waals surface area contributed by atoms with Gasteiger partial charge in [-0.15, -0.1) is 0 Å². The summed E-state index contributed by atoms with van der Waals surface area (Å²) in [5.41, 5.74) is -0.0696. The molecule has 0 fully saturated rings. The van der Waals surface area contributed by atoms with Gasteiger partial charge in [0.2, 0.25) is 0 Å². The van der Waals surface area contributed by atoms with Gasteiger partial charge in [0.25, 0.3) is 0 Å². The van der Waals surface area contributed by atoms with Gasteiger partial charge in [0.15, 0.2) is 6.04 Å². The highest BCUT2D eigenvalue weighted by Crippen LogP contribution is 2.20. The van der Waals surface area contributed by atoms with Crippen molar-refractivity contribution >= 4 is 18.2 Å². The van der Waals surface area contributed by atoms with Crippen LogP contribution in [0.2, 0.25) is 0 Å². The minimum absolute atomic E-state index is 0.0372. The molecule has 1 heterocycles. The quantitative estimate of drug-likeness (QED) is 0.461. The third-order valence-corrected chi connectivity index (χ3v) is 1.95. The van der Waals surface area contributed by atoms with Gasteiger partial charge in [0.05, 0.1) is 11.8 Å². The smallest absolute Gasteiger partial charge is 0.339 e. The lowest BCUT2D eigenvalue weighted by molar-refractivity contribution is -0.138. The molecule has 6 heteroatoms. The fourth-order valence-corrected chi connectivity index (χ4v) is 1.19. The molecule has 0 aromatic heterocycles. The average Bonchev–Trinajstić information content (AvgIpc) is 2.18. The Kier molecular flexibility index (Phi) is 3.22. The van der Waals surface area contributed by atoms with E-state index in [-0.39, 0.29) is 17.6 Å². The standard InChI is InChI=1S/C9H9NO5/c11-4-6(8(12)13)5-1-2-10-7(3-5)9(14)15/h1-2,4,7,11H,3H2,(H,12,13)(H,14,15). The number of aliphatic carboxylic acids is 2. The molecule has 0 saturated carbocycles. The lowest BCUT2D eigenvalue weighted by Crippen LogP contribution is -2.22. The van der Waals surface area contributed by atoms with E-state index < -0.39 is 18.0 Å². The first kappa shape index (κ1) is 11.0. The Labute approximate surface area is 84.9 Å². The normalized spacial score (nSPS) is 20.9. The Bertz CT molecular complexity index is 380. The molecule has 0 radical (unpaired) electrons. The monoisotopic (exact) mass is 211 g/mol. The van der Waals surface area contributed by atoms with Crippen molar-refractivity contribution in [1.82, 2.24) is 0 Å². The molecule has 0 aliphatic carbocycles. The summed E-state index contributed by atoms with van der Waals surface area (Å²) in [6, 6.07) is -0.987. The predicted molar refractivity (Wildman–Crippen MR) is 51.0 cm³/mol. The number of aliphatic hydroxyl groups excluding tert-OH is 1. The van der Waals surface area contributed by atoms with Gasteiger partial charge in [-0.25, -0.2) is 9.59 Å². The van der Waals surface area contributed by atoms with Gasteiger partial charge in [-0.2, -0.15) is 0 Å². The second-order valence-corrected chi connectivity index (χ2v) is 2.90. The summed E-state index contributed by atoms with van der Waals surface area (Å²) in [6.45, 7) is 0. The van der Waals surface area contributed by atoms with Crippen LogP contribution < -0.4 is 0 Å². The fourth-order valence-electron chi connectivity index (χ4n) is 1.19. The third-order valence-electron chi connectivity index (χ3n) is 1.95. The van der Waals surface area contributed by atoms with E-state index >= 15 is 0 Å². The maximum Gasteiger partial charge on any atom is 0.339 e. The molecule has 1 aliphatic heterocycles. The van der Waals surface area contributed by atoms with E-state index in [4.69, 9.17) is 15.3 Å². The molecule has 1 rings (SSSR count). The Hall–Kier alpha value is -2.11.